The van der Waals surface area contributed by atoms with Gasteiger partial charge in [-0.1, -0.05) is 11.6 Å². The fraction of sp³-hybridized carbons (Fsp3) is 0.571. The molecule has 0 bridgehead atoms. The summed E-state index contributed by atoms with van der Waals surface area (Å²) in [5.41, 5.74) is 0.285. The molecule has 1 aliphatic carbocycles. The molecule has 3 unspecified atom stereocenters. The first-order chi connectivity index (χ1) is 9.60. The summed E-state index contributed by atoms with van der Waals surface area (Å²) in [6.07, 6.45) is 1.57. The first-order valence-electron chi connectivity index (χ1n) is 6.91. The Morgan fingerprint density at radius 2 is 2.25 bits per heavy atom. The summed E-state index contributed by atoms with van der Waals surface area (Å²) in [7, 11) is 1.75. The van der Waals surface area contributed by atoms with Crippen LogP contribution in [0.3, 0.4) is 0 Å². The molecule has 2 aliphatic rings. The van der Waals surface area contributed by atoms with E-state index in [-0.39, 0.29) is 23.6 Å². The highest BCUT2D eigenvalue weighted by Crippen LogP contribution is 2.38. The van der Waals surface area contributed by atoms with Gasteiger partial charge in [0.1, 0.15) is 11.5 Å². The number of aromatic nitrogens is 1. The summed E-state index contributed by atoms with van der Waals surface area (Å²) in [5, 5.41) is 13.2. The lowest BCUT2D eigenvalue weighted by Crippen LogP contribution is -2.32. The predicted octanol–water partition coefficient (Wildman–Crippen LogP) is 1.62. The maximum Gasteiger partial charge on any atom is 0.274 e. The van der Waals surface area contributed by atoms with Gasteiger partial charge in [0.15, 0.2) is 0 Å². The van der Waals surface area contributed by atoms with E-state index < -0.39 is 0 Å². The summed E-state index contributed by atoms with van der Waals surface area (Å²) >= 11 is 6.09. The zero-order chi connectivity index (χ0) is 14.3. The molecule has 0 radical (unpaired) electrons. The van der Waals surface area contributed by atoms with Gasteiger partial charge in [-0.2, -0.15) is 0 Å². The molecule has 2 fully saturated rings. The minimum Gasteiger partial charge on any atom is -0.393 e. The van der Waals surface area contributed by atoms with Gasteiger partial charge in [-0.05, 0) is 30.9 Å². The van der Waals surface area contributed by atoms with Crippen molar-refractivity contribution in [1.82, 2.24) is 9.88 Å². The predicted molar refractivity (Wildman–Crippen MR) is 76.9 cm³/mol. The molecular formula is C14H18ClN3O2. The average Bonchev–Trinajstić information content (AvgIpc) is 3.01. The van der Waals surface area contributed by atoms with Gasteiger partial charge in [0.2, 0.25) is 0 Å². The Morgan fingerprint density at radius 1 is 1.45 bits per heavy atom. The second kappa shape index (κ2) is 5.22. The fourth-order valence-electron chi connectivity index (χ4n) is 3.28. The van der Waals surface area contributed by atoms with Crippen LogP contribution in [-0.2, 0) is 0 Å². The van der Waals surface area contributed by atoms with Crippen LogP contribution in [0.5, 0.6) is 0 Å². The fourth-order valence-corrected chi connectivity index (χ4v) is 3.47. The minimum absolute atomic E-state index is 0.145. The standard InChI is InChI=1S/C14H18ClN3O2/c1-16-12-5-3-10(15)13(17-12)14(20)18-6-8-2-4-11(19)9(8)7-18/h3,5,8-9,11,19H,2,4,6-7H2,1H3,(H,16,17). The van der Waals surface area contributed by atoms with Crippen molar-refractivity contribution in [3.05, 3.63) is 22.8 Å². The zero-order valence-corrected chi connectivity index (χ0v) is 12.1. The average molecular weight is 296 g/mol. The Hall–Kier alpha value is -1.33. The molecule has 108 valence electrons. The molecule has 5 nitrogen and oxygen atoms in total. The lowest BCUT2D eigenvalue weighted by Gasteiger charge is -2.18. The molecule has 2 N–H and O–H groups in total. The van der Waals surface area contributed by atoms with E-state index in [1.54, 1.807) is 24.1 Å². The lowest BCUT2D eigenvalue weighted by atomic mass is 10.00. The number of likely N-dealkylation sites (tertiary alicyclic amines) is 1. The van der Waals surface area contributed by atoms with Gasteiger partial charge < -0.3 is 15.3 Å². The number of pyridine rings is 1. The van der Waals surface area contributed by atoms with Crippen LogP contribution in [-0.4, -0.2) is 47.1 Å². The SMILES string of the molecule is CNc1ccc(Cl)c(C(=O)N2CC3CCC(O)C3C2)n1. The van der Waals surface area contributed by atoms with Gasteiger partial charge in [0.05, 0.1) is 11.1 Å². The number of carbonyl (C=O) groups excluding carboxylic acids is 1. The number of hydrogen-bond donors (Lipinski definition) is 2. The van der Waals surface area contributed by atoms with Crippen LogP contribution >= 0.6 is 11.6 Å². The van der Waals surface area contributed by atoms with Gasteiger partial charge >= 0.3 is 0 Å². The third-order valence-electron chi connectivity index (χ3n) is 4.41. The number of nitrogens with zero attached hydrogens (tertiary/aromatic N) is 2. The van der Waals surface area contributed by atoms with Crippen molar-refractivity contribution in [3.8, 4) is 0 Å². The van der Waals surface area contributed by atoms with E-state index in [2.05, 4.69) is 10.3 Å². The molecule has 1 aromatic rings. The van der Waals surface area contributed by atoms with Crippen LogP contribution in [0.2, 0.25) is 5.02 Å². The molecule has 1 saturated heterocycles. The van der Waals surface area contributed by atoms with E-state index >= 15 is 0 Å². The number of aliphatic hydroxyl groups is 1. The van der Waals surface area contributed by atoms with E-state index in [1.807, 2.05) is 0 Å². The monoisotopic (exact) mass is 295 g/mol. The molecule has 1 aromatic heterocycles. The highest BCUT2D eigenvalue weighted by atomic mass is 35.5. The van der Waals surface area contributed by atoms with Gasteiger partial charge in [-0.25, -0.2) is 4.98 Å². The van der Waals surface area contributed by atoms with Crippen LogP contribution in [0.4, 0.5) is 5.82 Å². The number of rotatable bonds is 2. The largest absolute Gasteiger partial charge is 0.393 e. The molecular weight excluding hydrogens is 278 g/mol. The van der Waals surface area contributed by atoms with Crippen molar-refractivity contribution in [2.75, 3.05) is 25.5 Å². The molecule has 2 heterocycles. The molecule has 20 heavy (non-hydrogen) atoms. The number of amides is 1. The third-order valence-corrected chi connectivity index (χ3v) is 4.72. The van der Waals surface area contributed by atoms with Crippen LogP contribution in [0.15, 0.2) is 12.1 Å². The first-order valence-corrected chi connectivity index (χ1v) is 7.29. The molecule has 3 rings (SSSR count). The van der Waals surface area contributed by atoms with Crippen molar-refractivity contribution in [2.24, 2.45) is 11.8 Å². The van der Waals surface area contributed by atoms with Crippen LogP contribution in [0.1, 0.15) is 23.3 Å². The van der Waals surface area contributed by atoms with E-state index in [1.165, 1.54) is 0 Å². The number of carbonyl (C=O) groups is 1. The summed E-state index contributed by atoms with van der Waals surface area (Å²) in [6, 6.07) is 3.42. The van der Waals surface area contributed by atoms with Gasteiger partial charge in [0.25, 0.3) is 5.91 Å². The Balaban J connectivity index is 1.80. The maximum atomic E-state index is 12.5. The maximum absolute atomic E-state index is 12.5. The topological polar surface area (TPSA) is 65.5 Å². The van der Waals surface area contributed by atoms with Crippen molar-refractivity contribution < 1.29 is 9.90 Å². The number of aliphatic hydroxyl groups excluding tert-OH is 1. The van der Waals surface area contributed by atoms with Crippen LogP contribution < -0.4 is 5.32 Å². The van der Waals surface area contributed by atoms with E-state index in [4.69, 9.17) is 11.6 Å². The highest BCUT2D eigenvalue weighted by molar-refractivity contribution is 6.33. The van der Waals surface area contributed by atoms with Crippen molar-refractivity contribution in [3.63, 3.8) is 0 Å². The number of halogens is 1. The van der Waals surface area contributed by atoms with Gasteiger partial charge in [-0.3, -0.25) is 4.79 Å². The van der Waals surface area contributed by atoms with Crippen LogP contribution in [0.25, 0.3) is 0 Å². The summed E-state index contributed by atoms with van der Waals surface area (Å²) in [4.78, 5) is 18.6. The second-order valence-electron chi connectivity index (χ2n) is 5.56. The van der Waals surface area contributed by atoms with E-state index in [0.29, 0.717) is 29.8 Å². The second-order valence-corrected chi connectivity index (χ2v) is 5.96. The Morgan fingerprint density at radius 3 is 2.95 bits per heavy atom. The number of nitrogens with one attached hydrogen (secondary N) is 1. The zero-order valence-electron chi connectivity index (χ0n) is 11.3. The van der Waals surface area contributed by atoms with Crippen LogP contribution in [0, 0.1) is 11.8 Å². The van der Waals surface area contributed by atoms with Gasteiger partial charge in [0, 0.05) is 26.1 Å². The Bertz CT molecular complexity index is 537. The Labute approximate surface area is 122 Å². The van der Waals surface area contributed by atoms with E-state index in [9.17, 15) is 9.90 Å². The lowest BCUT2D eigenvalue weighted by molar-refractivity contribution is 0.0747. The van der Waals surface area contributed by atoms with Crippen molar-refractivity contribution in [1.29, 1.82) is 0 Å². The summed E-state index contributed by atoms with van der Waals surface area (Å²) < 4.78 is 0. The number of fused-ring (bicyclic) bond motifs is 1. The Kier molecular flexibility index (Phi) is 3.56. The summed E-state index contributed by atoms with van der Waals surface area (Å²) in [5.74, 6) is 1.11. The van der Waals surface area contributed by atoms with E-state index in [0.717, 1.165) is 12.8 Å². The van der Waals surface area contributed by atoms with Crippen molar-refractivity contribution in [2.45, 2.75) is 18.9 Å². The first kappa shape index (κ1) is 13.6. The number of anilines is 1. The van der Waals surface area contributed by atoms with Gasteiger partial charge in [-0.15, -0.1) is 0 Å². The highest BCUT2D eigenvalue weighted by Gasteiger charge is 2.43. The molecule has 1 amide bonds. The molecule has 1 saturated carbocycles. The number of hydrogen-bond acceptors (Lipinski definition) is 4. The quantitative estimate of drug-likeness (QED) is 0.870. The minimum atomic E-state index is -0.273. The molecule has 0 spiro atoms. The normalized spacial score (nSPS) is 28.6. The molecule has 6 heteroatoms. The third kappa shape index (κ3) is 2.25. The molecule has 0 aromatic carbocycles. The van der Waals surface area contributed by atoms with Crippen molar-refractivity contribution >= 4 is 23.3 Å². The molecule has 1 aliphatic heterocycles. The molecule has 3 atom stereocenters. The smallest absolute Gasteiger partial charge is 0.274 e. The summed E-state index contributed by atoms with van der Waals surface area (Å²) in [6.45, 7) is 1.30.